The van der Waals surface area contributed by atoms with E-state index in [0.717, 1.165) is 25.7 Å². The Labute approximate surface area is 372 Å². The van der Waals surface area contributed by atoms with Crippen LogP contribution in [0, 0.1) is 5.92 Å². The first-order chi connectivity index (χ1) is 29.1. The summed E-state index contributed by atoms with van der Waals surface area (Å²) >= 11 is 0. The first-order valence-electron chi connectivity index (χ1n) is 27.9. The minimum Gasteiger partial charge on any atom is -0.481 e. The molecule has 0 aromatic carbocycles. The third-order valence-corrected chi connectivity index (χ3v) is 13.6. The van der Waals surface area contributed by atoms with Crippen molar-refractivity contribution in [2.24, 2.45) is 5.92 Å². The Balaban J connectivity index is 3.33. The number of carbonyl (C=O) groups is 2. The highest BCUT2D eigenvalue weighted by atomic mass is 16.4. The summed E-state index contributed by atoms with van der Waals surface area (Å²) in [7, 11) is 0. The Morgan fingerprint density at radius 3 is 0.627 bits per heavy atom. The van der Waals surface area contributed by atoms with Crippen molar-refractivity contribution in [2.75, 3.05) is 0 Å². The minimum atomic E-state index is -0.902. The van der Waals surface area contributed by atoms with Crippen LogP contribution in [0.15, 0.2) is 0 Å². The Morgan fingerprint density at radius 1 is 0.271 bits per heavy atom. The van der Waals surface area contributed by atoms with Gasteiger partial charge in [-0.2, -0.15) is 0 Å². The molecule has 1 N–H and O–H groups in total. The lowest BCUT2D eigenvalue weighted by atomic mass is 9.93. The van der Waals surface area contributed by atoms with E-state index >= 15 is 0 Å². The highest BCUT2D eigenvalue weighted by molar-refractivity contribution is 5.98. The Kier molecular flexibility index (Phi) is 50.7. The predicted molar refractivity (Wildman–Crippen MR) is 263 cm³/mol. The van der Waals surface area contributed by atoms with Gasteiger partial charge in [0.15, 0.2) is 0 Å². The van der Waals surface area contributed by atoms with Crippen LogP contribution in [0.5, 0.6) is 0 Å². The van der Waals surface area contributed by atoms with E-state index in [1.54, 1.807) is 0 Å². The van der Waals surface area contributed by atoms with Crippen LogP contribution in [-0.4, -0.2) is 16.9 Å². The average molecular weight is 831 g/mol. The highest BCUT2D eigenvalue weighted by Crippen LogP contribution is 2.20. The Hall–Kier alpha value is -0.860. The van der Waals surface area contributed by atoms with Crippen LogP contribution in [-0.2, 0) is 9.59 Å². The number of carboxylic acid groups (broad SMARTS) is 1. The lowest BCUT2D eigenvalue weighted by Crippen LogP contribution is -2.23. The number of hydrogen-bond donors (Lipinski definition) is 1. The van der Waals surface area contributed by atoms with Crippen LogP contribution in [0.2, 0.25) is 0 Å². The van der Waals surface area contributed by atoms with Gasteiger partial charge in [-0.15, -0.1) is 0 Å². The summed E-state index contributed by atoms with van der Waals surface area (Å²) in [4.78, 5) is 24.4. The van der Waals surface area contributed by atoms with E-state index in [-0.39, 0.29) is 5.78 Å². The molecule has 352 valence electrons. The van der Waals surface area contributed by atoms with Gasteiger partial charge in [0.2, 0.25) is 0 Å². The molecule has 59 heavy (non-hydrogen) atoms. The number of Topliss-reactive ketones (excluding diaryl/α,β-unsaturated/α-hetero) is 1. The molecular weight excluding hydrogens is 721 g/mol. The van der Waals surface area contributed by atoms with Crippen molar-refractivity contribution < 1.29 is 14.7 Å². The molecule has 0 spiro atoms. The lowest BCUT2D eigenvalue weighted by molar-refractivity contribution is -0.146. The average Bonchev–Trinajstić information content (AvgIpc) is 3.23. The fourth-order valence-corrected chi connectivity index (χ4v) is 9.35. The second-order valence-electron chi connectivity index (χ2n) is 19.5. The third kappa shape index (κ3) is 48.0. The summed E-state index contributed by atoms with van der Waals surface area (Å²) in [6.07, 6.45) is 68.2. The van der Waals surface area contributed by atoms with Gasteiger partial charge >= 0.3 is 5.97 Å². The van der Waals surface area contributed by atoms with E-state index in [1.807, 2.05) is 0 Å². The topological polar surface area (TPSA) is 54.4 Å². The van der Waals surface area contributed by atoms with Gasteiger partial charge in [0.25, 0.3) is 0 Å². The molecule has 0 fully saturated rings. The van der Waals surface area contributed by atoms with Crippen molar-refractivity contribution >= 4 is 11.8 Å². The molecule has 0 aliphatic rings. The Morgan fingerprint density at radius 2 is 0.441 bits per heavy atom. The van der Waals surface area contributed by atoms with Crippen LogP contribution in [0.1, 0.15) is 341 Å². The predicted octanol–water partition coefficient (Wildman–Crippen LogP) is 20.2. The number of rotatable bonds is 53. The molecule has 0 aliphatic heterocycles. The molecule has 1 atom stereocenters. The molecule has 0 saturated carbocycles. The van der Waals surface area contributed by atoms with Crippen molar-refractivity contribution in [1.29, 1.82) is 0 Å². The normalized spacial score (nSPS) is 12.1. The molecule has 0 aromatic heterocycles. The van der Waals surface area contributed by atoms with Crippen LogP contribution in [0.25, 0.3) is 0 Å². The lowest BCUT2D eigenvalue weighted by Gasteiger charge is -2.11. The molecule has 0 saturated heterocycles. The molecule has 0 heterocycles. The largest absolute Gasteiger partial charge is 0.481 e. The van der Waals surface area contributed by atoms with Crippen LogP contribution in [0.3, 0.4) is 0 Å². The number of hydrogen-bond acceptors (Lipinski definition) is 2. The van der Waals surface area contributed by atoms with Crippen LogP contribution < -0.4 is 0 Å². The number of carboxylic acids is 1. The molecular formula is C56H110O3. The second kappa shape index (κ2) is 51.5. The summed E-state index contributed by atoms with van der Waals surface area (Å²) in [5.41, 5.74) is 0. The fourth-order valence-electron chi connectivity index (χ4n) is 9.35. The maximum absolute atomic E-state index is 12.6. The van der Waals surface area contributed by atoms with E-state index < -0.39 is 11.9 Å². The summed E-state index contributed by atoms with van der Waals surface area (Å²) in [5.74, 6) is -1.70. The fraction of sp³-hybridized carbons (Fsp3) is 0.964. The highest BCUT2D eigenvalue weighted by Gasteiger charge is 2.24. The zero-order chi connectivity index (χ0) is 42.8. The first-order valence-corrected chi connectivity index (χ1v) is 27.9. The molecule has 1 unspecified atom stereocenters. The monoisotopic (exact) mass is 831 g/mol. The van der Waals surface area contributed by atoms with Gasteiger partial charge in [-0.25, -0.2) is 0 Å². The molecule has 0 rings (SSSR count). The van der Waals surface area contributed by atoms with Gasteiger partial charge in [0.05, 0.1) is 0 Å². The van der Waals surface area contributed by atoms with E-state index in [2.05, 4.69) is 13.8 Å². The summed E-state index contributed by atoms with van der Waals surface area (Å²) in [6.45, 7) is 4.58. The maximum Gasteiger partial charge on any atom is 0.314 e. The zero-order valence-electron chi connectivity index (χ0n) is 40.9. The first kappa shape index (κ1) is 58.1. The molecule has 3 nitrogen and oxygen atoms in total. The molecule has 3 heteroatoms. The van der Waals surface area contributed by atoms with Gasteiger partial charge in [-0.1, -0.05) is 322 Å². The smallest absolute Gasteiger partial charge is 0.314 e. The minimum absolute atomic E-state index is 0.0294. The standard InChI is InChI=1S/C56H110O3/c1-3-5-7-9-11-13-15-17-19-20-21-22-23-24-25-26-27-28-29-30-31-32-33-34-35-36-37-38-39-41-43-45-47-49-51-53-55(57)54(56(58)59)52-50-48-46-44-42-40-18-16-14-12-10-8-6-4-2/h54H,3-53H2,1-2H3,(H,58,59). The zero-order valence-corrected chi connectivity index (χ0v) is 40.9. The van der Waals surface area contributed by atoms with Gasteiger partial charge < -0.3 is 5.11 Å². The van der Waals surface area contributed by atoms with Gasteiger partial charge in [0.1, 0.15) is 11.7 Å². The summed E-state index contributed by atoms with van der Waals surface area (Å²) < 4.78 is 0. The summed E-state index contributed by atoms with van der Waals surface area (Å²) in [5, 5.41) is 9.65. The molecule has 0 aliphatic carbocycles. The van der Waals surface area contributed by atoms with E-state index in [9.17, 15) is 14.7 Å². The number of aliphatic carboxylic acids is 1. The van der Waals surface area contributed by atoms with E-state index in [1.165, 1.54) is 289 Å². The number of carbonyl (C=O) groups excluding carboxylic acids is 1. The molecule has 0 aromatic rings. The Bertz CT molecular complexity index is 807. The van der Waals surface area contributed by atoms with Gasteiger partial charge in [0, 0.05) is 6.42 Å². The number of unbranched alkanes of at least 4 members (excludes halogenated alkanes) is 47. The summed E-state index contributed by atoms with van der Waals surface area (Å²) in [6, 6.07) is 0. The van der Waals surface area contributed by atoms with E-state index in [0.29, 0.717) is 12.8 Å². The van der Waals surface area contributed by atoms with Crippen molar-refractivity contribution in [3.63, 3.8) is 0 Å². The van der Waals surface area contributed by atoms with E-state index in [4.69, 9.17) is 0 Å². The van der Waals surface area contributed by atoms with Crippen LogP contribution >= 0.6 is 0 Å². The maximum atomic E-state index is 12.6. The second-order valence-corrected chi connectivity index (χ2v) is 19.5. The van der Waals surface area contributed by atoms with Crippen molar-refractivity contribution in [3.8, 4) is 0 Å². The van der Waals surface area contributed by atoms with Crippen LogP contribution in [0.4, 0.5) is 0 Å². The number of ketones is 1. The SMILES string of the molecule is CCCCCCCCCCCCCCCCCCCCCCCCCCCCCCCCCCCCCC(=O)C(CCCCCCCCCCCCCCCC)C(=O)O. The van der Waals surface area contributed by atoms with Crippen molar-refractivity contribution in [3.05, 3.63) is 0 Å². The van der Waals surface area contributed by atoms with Crippen molar-refractivity contribution in [1.82, 2.24) is 0 Å². The van der Waals surface area contributed by atoms with Gasteiger partial charge in [-0.05, 0) is 12.8 Å². The molecule has 0 radical (unpaired) electrons. The van der Waals surface area contributed by atoms with Gasteiger partial charge in [-0.3, -0.25) is 9.59 Å². The van der Waals surface area contributed by atoms with Crippen molar-refractivity contribution in [2.45, 2.75) is 341 Å². The molecule has 0 bridgehead atoms. The molecule has 0 amide bonds. The quantitative estimate of drug-likeness (QED) is 0.0491. The third-order valence-electron chi connectivity index (χ3n) is 13.6.